The number of nitrogens with one attached hydrogen (secondary N) is 2. The van der Waals surface area contributed by atoms with Crippen molar-refractivity contribution in [2.75, 3.05) is 20.1 Å². The van der Waals surface area contributed by atoms with E-state index in [-0.39, 0.29) is 0 Å². The van der Waals surface area contributed by atoms with Crippen LogP contribution in [-0.2, 0) is 6.54 Å². The minimum absolute atomic E-state index is 0.467. The van der Waals surface area contributed by atoms with Crippen molar-refractivity contribution in [1.29, 1.82) is 0 Å². The number of aromatic nitrogens is 1. The van der Waals surface area contributed by atoms with Crippen LogP contribution >= 0.6 is 0 Å². The molecule has 0 amide bonds. The fourth-order valence-corrected chi connectivity index (χ4v) is 1.83. The summed E-state index contributed by atoms with van der Waals surface area (Å²) in [6, 6.07) is 0. The van der Waals surface area contributed by atoms with Gasteiger partial charge in [-0.05, 0) is 26.4 Å². The van der Waals surface area contributed by atoms with Crippen LogP contribution in [0.1, 0.15) is 30.4 Å². The van der Waals surface area contributed by atoms with Crippen LogP contribution in [0.5, 0.6) is 0 Å². The molecule has 1 atom stereocenters. The summed E-state index contributed by atoms with van der Waals surface area (Å²) in [6.45, 7) is 2.88. The van der Waals surface area contributed by atoms with E-state index in [1.54, 1.807) is 0 Å². The third kappa shape index (κ3) is 2.13. The molecule has 2 rings (SSSR count). The number of piperidine rings is 1. The van der Waals surface area contributed by atoms with Gasteiger partial charge in [-0.25, -0.2) is 4.98 Å². The number of rotatable bonds is 3. The lowest BCUT2D eigenvalue weighted by molar-refractivity contribution is 0.360. The maximum atomic E-state index is 5.65. The topological polar surface area (TPSA) is 50.1 Å². The maximum absolute atomic E-state index is 5.65. The first kappa shape index (κ1) is 9.68. The highest BCUT2D eigenvalue weighted by molar-refractivity contribution is 5.00. The first-order valence-corrected chi connectivity index (χ1v) is 5.20. The molecular weight excluding hydrogens is 178 g/mol. The predicted octanol–water partition coefficient (Wildman–Crippen LogP) is 0.861. The van der Waals surface area contributed by atoms with E-state index in [2.05, 4.69) is 15.6 Å². The third-order valence-corrected chi connectivity index (χ3v) is 2.57. The molecule has 4 heteroatoms. The van der Waals surface area contributed by atoms with E-state index in [1.165, 1.54) is 12.8 Å². The Balaban J connectivity index is 2.00. The van der Waals surface area contributed by atoms with Crippen molar-refractivity contribution in [1.82, 2.24) is 15.6 Å². The molecule has 1 unspecified atom stereocenters. The second-order valence-electron chi connectivity index (χ2n) is 3.74. The zero-order chi connectivity index (χ0) is 9.80. The van der Waals surface area contributed by atoms with Crippen LogP contribution in [0.25, 0.3) is 0 Å². The van der Waals surface area contributed by atoms with Crippen molar-refractivity contribution >= 4 is 0 Å². The molecule has 2 heterocycles. The van der Waals surface area contributed by atoms with Gasteiger partial charge in [0, 0.05) is 12.5 Å². The van der Waals surface area contributed by atoms with E-state index in [4.69, 9.17) is 4.42 Å². The molecule has 14 heavy (non-hydrogen) atoms. The predicted molar refractivity (Wildman–Crippen MR) is 54.1 cm³/mol. The highest BCUT2D eigenvalue weighted by atomic mass is 16.4. The average Bonchev–Trinajstić information content (AvgIpc) is 2.68. The van der Waals surface area contributed by atoms with Gasteiger partial charge >= 0.3 is 0 Å². The summed E-state index contributed by atoms with van der Waals surface area (Å²) in [6.07, 6.45) is 4.22. The van der Waals surface area contributed by atoms with Gasteiger partial charge in [0.25, 0.3) is 0 Å². The summed E-state index contributed by atoms with van der Waals surface area (Å²) in [4.78, 5) is 4.31. The van der Waals surface area contributed by atoms with E-state index in [1.807, 2.05) is 13.2 Å². The number of oxazole rings is 1. The standard InChI is InChI=1S/C10H17N3O/c1-11-6-9-7-13-10(14-9)8-3-2-4-12-5-8/h7-8,11-12H,2-6H2,1H3. The van der Waals surface area contributed by atoms with Crippen molar-refractivity contribution in [3.63, 3.8) is 0 Å². The summed E-state index contributed by atoms with van der Waals surface area (Å²) < 4.78 is 5.65. The Hall–Kier alpha value is -0.870. The van der Waals surface area contributed by atoms with E-state index in [9.17, 15) is 0 Å². The molecule has 78 valence electrons. The van der Waals surface area contributed by atoms with Gasteiger partial charge in [0.05, 0.1) is 12.7 Å². The van der Waals surface area contributed by atoms with Crippen LogP contribution in [-0.4, -0.2) is 25.1 Å². The second-order valence-corrected chi connectivity index (χ2v) is 3.74. The van der Waals surface area contributed by atoms with Gasteiger partial charge < -0.3 is 15.1 Å². The molecule has 4 nitrogen and oxygen atoms in total. The average molecular weight is 195 g/mol. The van der Waals surface area contributed by atoms with Crippen LogP contribution in [0, 0.1) is 0 Å². The van der Waals surface area contributed by atoms with Crippen LogP contribution in [0.2, 0.25) is 0 Å². The van der Waals surface area contributed by atoms with Crippen LogP contribution in [0.15, 0.2) is 10.6 Å². The van der Waals surface area contributed by atoms with Gasteiger partial charge in [0.2, 0.25) is 0 Å². The highest BCUT2D eigenvalue weighted by Crippen LogP contribution is 2.22. The van der Waals surface area contributed by atoms with E-state index < -0.39 is 0 Å². The molecule has 0 aromatic carbocycles. The second kappa shape index (κ2) is 4.57. The third-order valence-electron chi connectivity index (χ3n) is 2.57. The van der Waals surface area contributed by atoms with Gasteiger partial charge in [-0.15, -0.1) is 0 Å². The van der Waals surface area contributed by atoms with Gasteiger partial charge in [0.15, 0.2) is 5.89 Å². The fraction of sp³-hybridized carbons (Fsp3) is 0.700. The molecule has 0 spiro atoms. The van der Waals surface area contributed by atoms with Gasteiger partial charge in [-0.1, -0.05) is 0 Å². The summed E-state index contributed by atoms with van der Waals surface area (Å²) in [5.41, 5.74) is 0. The highest BCUT2D eigenvalue weighted by Gasteiger charge is 2.19. The van der Waals surface area contributed by atoms with Gasteiger partial charge in [-0.2, -0.15) is 0 Å². The van der Waals surface area contributed by atoms with E-state index >= 15 is 0 Å². The van der Waals surface area contributed by atoms with Crippen LogP contribution in [0.4, 0.5) is 0 Å². The molecule has 2 N–H and O–H groups in total. The Labute approximate surface area is 84.1 Å². The van der Waals surface area contributed by atoms with Crippen LogP contribution < -0.4 is 10.6 Å². The van der Waals surface area contributed by atoms with E-state index in [0.717, 1.165) is 31.3 Å². The zero-order valence-corrected chi connectivity index (χ0v) is 8.55. The lowest BCUT2D eigenvalue weighted by atomic mass is 10.00. The van der Waals surface area contributed by atoms with Crippen molar-refractivity contribution in [3.8, 4) is 0 Å². The smallest absolute Gasteiger partial charge is 0.198 e. The Bertz CT molecular complexity index is 279. The normalized spacial score (nSPS) is 22.5. The molecule has 1 saturated heterocycles. The zero-order valence-electron chi connectivity index (χ0n) is 8.55. The molecule has 1 aromatic rings. The molecule has 0 radical (unpaired) electrons. The first-order valence-electron chi connectivity index (χ1n) is 5.20. The SMILES string of the molecule is CNCc1cnc(C2CCCNC2)o1. The Morgan fingerprint density at radius 1 is 1.71 bits per heavy atom. The molecule has 1 aliphatic heterocycles. The lowest BCUT2D eigenvalue weighted by Crippen LogP contribution is -2.28. The van der Waals surface area contributed by atoms with E-state index in [0.29, 0.717) is 5.92 Å². The largest absolute Gasteiger partial charge is 0.444 e. The molecule has 0 saturated carbocycles. The Morgan fingerprint density at radius 3 is 3.36 bits per heavy atom. The quantitative estimate of drug-likeness (QED) is 0.751. The number of nitrogens with zero attached hydrogens (tertiary/aromatic N) is 1. The summed E-state index contributed by atoms with van der Waals surface area (Å²) in [5, 5.41) is 6.41. The van der Waals surface area contributed by atoms with Crippen LogP contribution in [0.3, 0.4) is 0 Å². The molecule has 1 aliphatic rings. The number of hydrogen-bond acceptors (Lipinski definition) is 4. The molecule has 1 aromatic heterocycles. The van der Waals surface area contributed by atoms with Crippen molar-refractivity contribution in [3.05, 3.63) is 17.8 Å². The monoisotopic (exact) mass is 195 g/mol. The van der Waals surface area contributed by atoms with Crippen molar-refractivity contribution < 1.29 is 4.42 Å². The summed E-state index contributed by atoms with van der Waals surface area (Å²) >= 11 is 0. The van der Waals surface area contributed by atoms with Gasteiger partial charge in [0.1, 0.15) is 5.76 Å². The van der Waals surface area contributed by atoms with Gasteiger partial charge in [-0.3, -0.25) is 0 Å². The minimum atomic E-state index is 0.467. The summed E-state index contributed by atoms with van der Waals surface area (Å²) in [7, 11) is 1.91. The fourth-order valence-electron chi connectivity index (χ4n) is 1.83. The summed E-state index contributed by atoms with van der Waals surface area (Å²) in [5.74, 6) is 2.28. The van der Waals surface area contributed by atoms with Crippen molar-refractivity contribution in [2.24, 2.45) is 0 Å². The Kier molecular flexibility index (Phi) is 3.16. The van der Waals surface area contributed by atoms with Crippen molar-refractivity contribution in [2.45, 2.75) is 25.3 Å². The maximum Gasteiger partial charge on any atom is 0.198 e. The molecule has 0 aliphatic carbocycles. The first-order chi connectivity index (χ1) is 6.90. The minimum Gasteiger partial charge on any atom is -0.444 e. The molecular formula is C10H17N3O. The Morgan fingerprint density at radius 2 is 2.64 bits per heavy atom. The molecule has 1 fully saturated rings. The number of hydrogen-bond donors (Lipinski definition) is 2. The lowest BCUT2D eigenvalue weighted by Gasteiger charge is -2.19. The molecule has 0 bridgehead atoms.